The minimum atomic E-state index is -0.211. The Bertz CT molecular complexity index is 915. The molecular weight excluding hydrogens is 290 g/mol. The van der Waals surface area contributed by atoms with Gasteiger partial charge in [0.15, 0.2) is 0 Å². The number of anilines is 1. The standard InChI is InChI=1S/C18H17N3O2/c1-2-6-16(22)19-13-8-5-7-12(11-13)17-14-9-3-4-10-15(14)18(23)21-20-17/h3-5,7-11H,2,6H2,1H3,(H,19,22)(H,21,23). The summed E-state index contributed by atoms with van der Waals surface area (Å²) in [5, 5.41) is 11.0. The summed E-state index contributed by atoms with van der Waals surface area (Å²) < 4.78 is 0. The lowest BCUT2D eigenvalue weighted by Gasteiger charge is -2.08. The third kappa shape index (κ3) is 3.13. The Balaban J connectivity index is 2.04. The highest BCUT2D eigenvalue weighted by Crippen LogP contribution is 2.26. The number of fused-ring (bicyclic) bond motifs is 1. The molecule has 3 rings (SSSR count). The summed E-state index contributed by atoms with van der Waals surface area (Å²) in [6, 6.07) is 14.8. The van der Waals surface area contributed by atoms with E-state index in [0.717, 1.165) is 23.1 Å². The van der Waals surface area contributed by atoms with Crippen molar-refractivity contribution in [3.63, 3.8) is 0 Å². The molecule has 2 aromatic carbocycles. The van der Waals surface area contributed by atoms with Gasteiger partial charge in [0.2, 0.25) is 5.91 Å². The van der Waals surface area contributed by atoms with Crippen LogP contribution in [0.25, 0.3) is 22.0 Å². The number of benzene rings is 2. The molecule has 23 heavy (non-hydrogen) atoms. The average Bonchev–Trinajstić information content (AvgIpc) is 2.56. The molecular formula is C18H17N3O2. The molecule has 0 saturated carbocycles. The molecule has 0 fully saturated rings. The molecule has 0 aliphatic carbocycles. The zero-order valence-corrected chi connectivity index (χ0v) is 12.8. The molecule has 1 heterocycles. The number of hydrogen-bond acceptors (Lipinski definition) is 3. The quantitative estimate of drug-likeness (QED) is 0.776. The number of H-pyrrole nitrogens is 1. The maximum absolute atomic E-state index is 11.9. The fourth-order valence-corrected chi connectivity index (χ4v) is 2.53. The first-order chi connectivity index (χ1) is 11.2. The number of aromatic nitrogens is 2. The van der Waals surface area contributed by atoms with Crippen molar-refractivity contribution >= 4 is 22.4 Å². The maximum Gasteiger partial charge on any atom is 0.272 e. The van der Waals surface area contributed by atoms with Gasteiger partial charge in [-0.15, -0.1) is 0 Å². The number of rotatable bonds is 4. The number of carbonyl (C=O) groups is 1. The van der Waals surface area contributed by atoms with Gasteiger partial charge in [-0.3, -0.25) is 9.59 Å². The van der Waals surface area contributed by atoms with Crippen LogP contribution in [0.1, 0.15) is 19.8 Å². The zero-order valence-electron chi connectivity index (χ0n) is 12.8. The van der Waals surface area contributed by atoms with Crippen molar-refractivity contribution in [1.82, 2.24) is 10.2 Å². The maximum atomic E-state index is 11.9. The summed E-state index contributed by atoms with van der Waals surface area (Å²) in [4.78, 5) is 23.6. The molecule has 2 N–H and O–H groups in total. The Labute approximate surface area is 133 Å². The fraction of sp³-hybridized carbons (Fsp3) is 0.167. The molecule has 5 heteroatoms. The number of aromatic amines is 1. The van der Waals surface area contributed by atoms with Crippen LogP contribution in [0, 0.1) is 0 Å². The summed E-state index contributed by atoms with van der Waals surface area (Å²) in [7, 11) is 0. The molecule has 0 unspecified atom stereocenters. The molecule has 0 atom stereocenters. The van der Waals surface area contributed by atoms with Crippen LogP contribution in [0.15, 0.2) is 53.3 Å². The van der Waals surface area contributed by atoms with Gasteiger partial charge < -0.3 is 5.32 Å². The summed E-state index contributed by atoms with van der Waals surface area (Å²) in [5.41, 5.74) is 2.04. The lowest BCUT2D eigenvalue weighted by molar-refractivity contribution is -0.116. The second-order valence-electron chi connectivity index (χ2n) is 5.33. The minimum Gasteiger partial charge on any atom is -0.326 e. The summed E-state index contributed by atoms with van der Waals surface area (Å²) in [5.74, 6) is -0.0102. The highest BCUT2D eigenvalue weighted by molar-refractivity contribution is 5.95. The molecule has 0 saturated heterocycles. The molecule has 3 aromatic rings. The van der Waals surface area contributed by atoms with E-state index in [2.05, 4.69) is 15.5 Å². The van der Waals surface area contributed by atoms with E-state index in [1.807, 2.05) is 49.4 Å². The number of carbonyl (C=O) groups excluding carboxylic acids is 1. The van der Waals surface area contributed by atoms with Crippen LogP contribution in [-0.4, -0.2) is 16.1 Å². The number of hydrogen-bond donors (Lipinski definition) is 2. The monoisotopic (exact) mass is 307 g/mol. The van der Waals surface area contributed by atoms with Crippen molar-refractivity contribution in [3.8, 4) is 11.3 Å². The first-order valence-corrected chi connectivity index (χ1v) is 7.56. The highest BCUT2D eigenvalue weighted by Gasteiger charge is 2.09. The average molecular weight is 307 g/mol. The third-order valence-electron chi connectivity index (χ3n) is 3.59. The van der Waals surface area contributed by atoms with Crippen LogP contribution >= 0.6 is 0 Å². The Kier molecular flexibility index (Phi) is 4.19. The summed E-state index contributed by atoms with van der Waals surface area (Å²) in [6.07, 6.45) is 1.29. The summed E-state index contributed by atoms with van der Waals surface area (Å²) >= 11 is 0. The van der Waals surface area contributed by atoms with Gasteiger partial charge in [-0.05, 0) is 24.6 Å². The second-order valence-corrected chi connectivity index (χ2v) is 5.33. The second kappa shape index (κ2) is 6.44. The molecule has 0 bridgehead atoms. The van der Waals surface area contributed by atoms with E-state index in [9.17, 15) is 9.59 Å². The van der Waals surface area contributed by atoms with Crippen LogP contribution in [0.3, 0.4) is 0 Å². The molecule has 5 nitrogen and oxygen atoms in total. The van der Waals surface area contributed by atoms with Gasteiger partial charge in [0, 0.05) is 23.1 Å². The minimum absolute atomic E-state index is 0.0102. The molecule has 0 aliphatic heterocycles. The van der Waals surface area contributed by atoms with Gasteiger partial charge in [-0.2, -0.15) is 5.10 Å². The first-order valence-electron chi connectivity index (χ1n) is 7.56. The normalized spacial score (nSPS) is 10.7. The van der Waals surface area contributed by atoms with Crippen molar-refractivity contribution in [2.45, 2.75) is 19.8 Å². The smallest absolute Gasteiger partial charge is 0.272 e. The van der Waals surface area contributed by atoms with E-state index >= 15 is 0 Å². The van der Waals surface area contributed by atoms with Crippen molar-refractivity contribution in [1.29, 1.82) is 0 Å². The van der Waals surface area contributed by atoms with Gasteiger partial charge in [0.25, 0.3) is 5.56 Å². The lowest BCUT2D eigenvalue weighted by Crippen LogP contribution is -2.11. The molecule has 1 amide bonds. The van der Waals surface area contributed by atoms with E-state index in [0.29, 0.717) is 17.5 Å². The summed E-state index contributed by atoms with van der Waals surface area (Å²) in [6.45, 7) is 1.96. The first kappa shape index (κ1) is 15.0. The van der Waals surface area contributed by atoms with Crippen LogP contribution in [0.2, 0.25) is 0 Å². The molecule has 1 aromatic heterocycles. The Morgan fingerprint density at radius 3 is 2.70 bits per heavy atom. The number of amides is 1. The zero-order chi connectivity index (χ0) is 16.2. The van der Waals surface area contributed by atoms with E-state index in [4.69, 9.17) is 0 Å². The lowest BCUT2D eigenvalue weighted by atomic mass is 10.0. The van der Waals surface area contributed by atoms with Crippen LogP contribution < -0.4 is 10.9 Å². The Hall–Kier alpha value is -2.95. The predicted octanol–water partition coefficient (Wildman–Crippen LogP) is 3.33. The van der Waals surface area contributed by atoms with Crippen LogP contribution in [0.4, 0.5) is 5.69 Å². The van der Waals surface area contributed by atoms with E-state index in [-0.39, 0.29) is 11.5 Å². The van der Waals surface area contributed by atoms with E-state index < -0.39 is 0 Å². The third-order valence-corrected chi connectivity index (χ3v) is 3.59. The SMILES string of the molecule is CCCC(=O)Nc1cccc(-c2n[nH]c(=O)c3ccccc23)c1. The highest BCUT2D eigenvalue weighted by atomic mass is 16.1. The number of nitrogens with zero attached hydrogens (tertiary/aromatic N) is 1. The predicted molar refractivity (Wildman–Crippen MR) is 91.3 cm³/mol. The van der Waals surface area contributed by atoms with Gasteiger partial charge in [-0.25, -0.2) is 5.10 Å². The van der Waals surface area contributed by atoms with Gasteiger partial charge in [0.1, 0.15) is 0 Å². The van der Waals surface area contributed by atoms with Crippen molar-refractivity contribution in [2.75, 3.05) is 5.32 Å². The molecule has 0 spiro atoms. The van der Waals surface area contributed by atoms with Gasteiger partial charge >= 0.3 is 0 Å². The van der Waals surface area contributed by atoms with Crippen molar-refractivity contribution in [2.24, 2.45) is 0 Å². The van der Waals surface area contributed by atoms with E-state index in [1.165, 1.54) is 0 Å². The molecule has 0 radical (unpaired) electrons. The topological polar surface area (TPSA) is 74.8 Å². The molecule has 116 valence electrons. The van der Waals surface area contributed by atoms with Crippen LogP contribution in [0.5, 0.6) is 0 Å². The van der Waals surface area contributed by atoms with Crippen molar-refractivity contribution in [3.05, 3.63) is 58.9 Å². The van der Waals surface area contributed by atoms with Gasteiger partial charge in [-0.1, -0.05) is 37.3 Å². The fourth-order valence-electron chi connectivity index (χ4n) is 2.53. The largest absolute Gasteiger partial charge is 0.326 e. The number of nitrogens with one attached hydrogen (secondary N) is 2. The van der Waals surface area contributed by atoms with E-state index in [1.54, 1.807) is 6.07 Å². The Morgan fingerprint density at radius 1 is 1.13 bits per heavy atom. The van der Waals surface area contributed by atoms with Crippen molar-refractivity contribution < 1.29 is 4.79 Å². The Morgan fingerprint density at radius 2 is 1.91 bits per heavy atom. The molecule has 0 aliphatic rings. The van der Waals surface area contributed by atoms with Gasteiger partial charge in [0.05, 0.1) is 11.1 Å². The van der Waals surface area contributed by atoms with Crippen LogP contribution in [-0.2, 0) is 4.79 Å².